The van der Waals surface area contributed by atoms with Crippen molar-refractivity contribution in [3.05, 3.63) is 35.4 Å². The number of aromatic carboxylic acids is 1. The highest BCUT2D eigenvalue weighted by Gasteiger charge is 2.27. The Kier molecular flexibility index (Phi) is 5.66. The number of ether oxygens (including phenoxy) is 1. The molecule has 0 atom stereocenters. The van der Waals surface area contributed by atoms with Crippen molar-refractivity contribution >= 4 is 18.0 Å². The third kappa shape index (κ3) is 5.48. The van der Waals surface area contributed by atoms with E-state index in [2.05, 4.69) is 5.32 Å². The molecule has 7 nitrogen and oxygen atoms in total. The van der Waals surface area contributed by atoms with E-state index in [0.717, 1.165) is 0 Å². The van der Waals surface area contributed by atoms with E-state index in [1.165, 1.54) is 24.3 Å². The first-order valence-corrected chi connectivity index (χ1v) is 8.28. The van der Waals surface area contributed by atoms with Gasteiger partial charge >= 0.3 is 12.1 Å². The predicted octanol–water partition coefficient (Wildman–Crippen LogP) is 2.51. The third-order valence-corrected chi connectivity index (χ3v) is 3.88. The number of hydrogen-bond acceptors (Lipinski definition) is 4. The van der Waals surface area contributed by atoms with Crippen molar-refractivity contribution in [2.24, 2.45) is 0 Å². The number of carboxylic acids is 1. The quantitative estimate of drug-likeness (QED) is 0.875. The predicted molar refractivity (Wildman–Crippen MR) is 91.7 cm³/mol. The zero-order chi connectivity index (χ0) is 18.6. The fourth-order valence-corrected chi connectivity index (χ4v) is 2.57. The molecule has 7 heteroatoms. The van der Waals surface area contributed by atoms with Crippen LogP contribution >= 0.6 is 0 Å². The Balaban J connectivity index is 1.84. The standard InChI is InChI=1S/C18H24N2O5/c1-18(2,3)25-17(24)20-10-8-14(9-11-20)19-15(21)12-4-6-13(7-5-12)16(22)23/h4-7,14H,8-11H2,1-3H3,(H,19,21)(H,22,23). The Hall–Kier alpha value is -2.57. The summed E-state index contributed by atoms with van der Waals surface area (Å²) in [5.41, 5.74) is 0.0337. The number of amides is 2. The van der Waals surface area contributed by atoms with Gasteiger partial charge in [-0.3, -0.25) is 4.79 Å². The van der Waals surface area contributed by atoms with Crippen LogP contribution in [0.15, 0.2) is 24.3 Å². The van der Waals surface area contributed by atoms with E-state index in [4.69, 9.17) is 9.84 Å². The topological polar surface area (TPSA) is 95.9 Å². The molecule has 2 N–H and O–H groups in total. The first kappa shape index (κ1) is 18.8. The van der Waals surface area contributed by atoms with Gasteiger partial charge in [0.25, 0.3) is 5.91 Å². The van der Waals surface area contributed by atoms with Crippen molar-refractivity contribution in [1.29, 1.82) is 0 Å². The maximum atomic E-state index is 12.2. The fourth-order valence-electron chi connectivity index (χ4n) is 2.57. The third-order valence-electron chi connectivity index (χ3n) is 3.88. The van der Waals surface area contributed by atoms with Gasteiger partial charge in [0.2, 0.25) is 0 Å². The second-order valence-electron chi connectivity index (χ2n) is 7.10. The zero-order valence-electron chi connectivity index (χ0n) is 14.7. The summed E-state index contributed by atoms with van der Waals surface area (Å²) in [5.74, 6) is -1.27. The first-order valence-electron chi connectivity index (χ1n) is 8.28. The number of likely N-dealkylation sites (tertiary alicyclic amines) is 1. The van der Waals surface area contributed by atoms with Gasteiger partial charge in [-0.25, -0.2) is 9.59 Å². The smallest absolute Gasteiger partial charge is 0.410 e. The summed E-state index contributed by atoms with van der Waals surface area (Å²) >= 11 is 0. The average molecular weight is 348 g/mol. The van der Waals surface area contributed by atoms with Gasteiger partial charge in [0.1, 0.15) is 5.60 Å². The van der Waals surface area contributed by atoms with E-state index >= 15 is 0 Å². The highest BCUT2D eigenvalue weighted by Crippen LogP contribution is 2.16. The lowest BCUT2D eigenvalue weighted by atomic mass is 10.0. The molecule has 1 aliphatic rings. The Labute approximate surface area is 147 Å². The maximum Gasteiger partial charge on any atom is 0.410 e. The van der Waals surface area contributed by atoms with Crippen LogP contribution in [-0.4, -0.2) is 52.7 Å². The van der Waals surface area contributed by atoms with Gasteiger partial charge in [-0.15, -0.1) is 0 Å². The molecule has 1 fully saturated rings. The molecule has 1 aromatic carbocycles. The molecule has 0 aromatic heterocycles. The molecule has 0 aliphatic carbocycles. The number of carbonyl (C=O) groups excluding carboxylic acids is 2. The summed E-state index contributed by atoms with van der Waals surface area (Å²) in [7, 11) is 0. The molecule has 2 rings (SSSR count). The van der Waals surface area contributed by atoms with E-state index in [-0.39, 0.29) is 23.6 Å². The highest BCUT2D eigenvalue weighted by atomic mass is 16.6. The van der Waals surface area contributed by atoms with Crippen LogP contribution in [-0.2, 0) is 4.74 Å². The fraction of sp³-hybridized carbons (Fsp3) is 0.500. The lowest BCUT2D eigenvalue weighted by molar-refractivity contribution is 0.0199. The van der Waals surface area contributed by atoms with Gasteiger partial charge in [-0.1, -0.05) is 0 Å². The Morgan fingerprint density at radius 3 is 2.08 bits per heavy atom. The van der Waals surface area contributed by atoms with Gasteiger partial charge < -0.3 is 20.1 Å². The second-order valence-corrected chi connectivity index (χ2v) is 7.10. The van der Waals surface area contributed by atoms with E-state index < -0.39 is 11.6 Å². The molecule has 1 aromatic rings. The minimum absolute atomic E-state index is 0.0228. The largest absolute Gasteiger partial charge is 0.478 e. The lowest BCUT2D eigenvalue weighted by Crippen LogP contribution is -2.47. The summed E-state index contributed by atoms with van der Waals surface area (Å²) in [4.78, 5) is 36.7. The maximum absolute atomic E-state index is 12.2. The number of hydrogen-bond donors (Lipinski definition) is 2. The van der Waals surface area contributed by atoms with E-state index in [1.54, 1.807) is 4.90 Å². The molecular formula is C18H24N2O5. The Morgan fingerprint density at radius 2 is 1.60 bits per heavy atom. The number of carboxylic acid groups (broad SMARTS) is 1. The molecule has 0 radical (unpaired) electrons. The van der Waals surface area contributed by atoms with Gasteiger partial charge in [0.15, 0.2) is 0 Å². The van der Waals surface area contributed by atoms with Crippen LogP contribution in [0.2, 0.25) is 0 Å². The summed E-state index contributed by atoms with van der Waals surface area (Å²) in [6.45, 7) is 6.53. The summed E-state index contributed by atoms with van der Waals surface area (Å²) in [6.07, 6.45) is 0.970. The normalized spacial score (nSPS) is 15.6. The van der Waals surface area contributed by atoms with E-state index in [9.17, 15) is 14.4 Å². The van der Waals surface area contributed by atoms with Crippen LogP contribution in [0.1, 0.15) is 54.3 Å². The van der Waals surface area contributed by atoms with Crippen LogP contribution in [0, 0.1) is 0 Å². The molecule has 1 heterocycles. The monoisotopic (exact) mass is 348 g/mol. The molecular weight excluding hydrogens is 324 g/mol. The van der Waals surface area contributed by atoms with Crippen molar-refractivity contribution in [3.8, 4) is 0 Å². The van der Waals surface area contributed by atoms with Crippen molar-refractivity contribution in [3.63, 3.8) is 0 Å². The minimum Gasteiger partial charge on any atom is -0.478 e. The summed E-state index contributed by atoms with van der Waals surface area (Å²) < 4.78 is 5.35. The van der Waals surface area contributed by atoms with Gasteiger partial charge in [0.05, 0.1) is 5.56 Å². The van der Waals surface area contributed by atoms with Crippen LogP contribution in [0.4, 0.5) is 4.79 Å². The number of nitrogens with zero attached hydrogens (tertiary/aromatic N) is 1. The van der Waals surface area contributed by atoms with Crippen molar-refractivity contribution in [2.75, 3.05) is 13.1 Å². The molecule has 136 valence electrons. The van der Waals surface area contributed by atoms with Crippen molar-refractivity contribution in [2.45, 2.75) is 45.3 Å². The number of rotatable bonds is 3. The summed E-state index contributed by atoms with van der Waals surface area (Å²) in [5, 5.41) is 11.8. The van der Waals surface area contributed by atoms with E-state index in [1.807, 2.05) is 20.8 Å². The first-order chi connectivity index (χ1) is 11.7. The zero-order valence-corrected chi connectivity index (χ0v) is 14.7. The molecule has 0 saturated carbocycles. The van der Waals surface area contributed by atoms with Crippen LogP contribution in [0.5, 0.6) is 0 Å². The average Bonchev–Trinajstić information content (AvgIpc) is 2.54. The Morgan fingerprint density at radius 1 is 1.08 bits per heavy atom. The molecule has 0 bridgehead atoms. The Bertz CT molecular complexity index is 640. The second kappa shape index (κ2) is 7.55. The van der Waals surface area contributed by atoms with Crippen LogP contribution in [0.3, 0.4) is 0 Å². The van der Waals surface area contributed by atoms with Crippen molar-refractivity contribution in [1.82, 2.24) is 10.2 Å². The van der Waals surface area contributed by atoms with Crippen LogP contribution < -0.4 is 5.32 Å². The molecule has 25 heavy (non-hydrogen) atoms. The van der Waals surface area contributed by atoms with Crippen molar-refractivity contribution < 1.29 is 24.2 Å². The molecule has 2 amide bonds. The highest BCUT2D eigenvalue weighted by molar-refractivity contribution is 5.96. The number of nitrogens with one attached hydrogen (secondary N) is 1. The number of carbonyl (C=O) groups is 3. The minimum atomic E-state index is -1.03. The molecule has 1 saturated heterocycles. The van der Waals surface area contributed by atoms with Gasteiger partial charge in [0, 0.05) is 24.7 Å². The number of piperidine rings is 1. The SMILES string of the molecule is CC(C)(C)OC(=O)N1CCC(NC(=O)c2ccc(C(=O)O)cc2)CC1. The van der Waals surface area contributed by atoms with E-state index in [0.29, 0.717) is 31.5 Å². The lowest BCUT2D eigenvalue weighted by Gasteiger charge is -2.33. The molecule has 0 spiro atoms. The summed E-state index contributed by atoms with van der Waals surface area (Å²) in [6, 6.07) is 5.78. The molecule has 0 unspecified atom stereocenters. The van der Waals surface area contributed by atoms with Gasteiger partial charge in [-0.2, -0.15) is 0 Å². The molecule has 1 aliphatic heterocycles. The van der Waals surface area contributed by atoms with Crippen LogP contribution in [0.25, 0.3) is 0 Å². The van der Waals surface area contributed by atoms with Gasteiger partial charge in [-0.05, 0) is 57.9 Å². The number of benzene rings is 1.